The summed E-state index contributed by atoms with van der Waals surface area (Å²) in [5.74, 6) is -2.87. The van der Waals surface area contributed by atoms with Crippen LogP contribution in [0.4, 0.5) is 0 Å². The van der Waals surface area contributed by atoms with Gasteiger partial charge in [-0.15, -0.1) is 0 Å². The number of aliphatic carboxylic acids is 2. The lowest BCUT2D eigenvalue weighted by molar-refractivity contribution is -0.159. The van der Waals surface area contributed by atoms with Gasteiger partial charge in [-0.1, -0.05) is 30.3 Å². The van der Waals surface area contributed by atoms with Gasteiger partial charge in [-0.2, -0.15) is 0 Å². The molecule has 0 saturated carbocycles. The summed E-state index contributed by atoms with van der Waals surface area (Å²) in [6.45, 7) is 4.23. The van der Waals surface area contributed by atoms with Gasteiger partial charge in [0, 0.05) is 45.1 Å². The molecule has 0 unspecified atom stereocenters. The smallest absolute Gasteiger partial charge is 0.414 e. The molecule has 9 heteroatoms. The number of rotatable bonds is 5. The van der Waals surface area contributed by atoms with E-state index < -0.39 is 11.9 Å². The maximum Gasteiger partial charge on any atom is 0.414 e. The molecule has 2 heterocycles. The molecule has 2 aromatic carbocycles. The van der Waals surface area contributed by atoms with Gasteiger partial charge in [-0.05, 0) is 40.6 Å². The average Bonchev–Trinajstić information content (AvgIpc) is 2.84. The van der Waals surface area contributed by atoms with Crippen LogP contribution >= 0.6 is 0 Å². The standard InChI is InChI=1S/C22H23N3O2.C2H2O4/c26-22(17-27-21-6-5-19-3-1-2-4-20(19)15-21)25-13-11-24(12-14-25)16-18-7-9-23-10-8-18;3-1(4)2(5)6/h1-10,15H,11-14,16-17H2;(H,3,4)(H,5,6). The molecule has 33 heavy (non-hydrogen) atoms. The summed E-state index contributed by atoms with van der Waals surface area (Å²) < 4.78 is 5.74. The van der Waals surface area contributed by atoms with E-state index in [9.17, 15) is 4.79 Å². The number of hydrogen-bond acceptors (Lipinski definition) is 6. The second kappa shape index (κ2) is 11.6. The molecule has 3 aromatic rings. The van der Waals surface area contributed by atoms with E-state index in [4.69, 9.17) is 24.5 Å². The van der Waals surface area contributed by atoms with Crippen LogP contribution in [0.3, 0.4) is 0 Å². The minimum Gasteiger partial charge on any atom is -0.484 e. The summed E-state index contributed by atoms with van der Waals surface area (Å²) in [5, 5.41) is 17.1. The van der Waals surface area contributed by atoms with E-state index >= 15 is 0 Å². The lowest BCUT2D eigenvalue weighted by Crippen LogP contribution is -2.49. The van der Waals surface area contributed by atoms with Crippen molar-refractivity contribution >= 4 is 28.6 Å². The Kier molecular flexibility index (Phi) is 8.31. The molecule has 2 N–H and O–H groups in total. The highest BCUT2D eigenvalue weighted by Crippen LogP contribution is 2.20. The molecule has 1 aliphatic rings. The maximum absolute atomic E-state index is 12.5. The van der Waals surface area contributed by atoms with Crippen LogP contribution in [-0.4, -0.2) is 75.6 Å². The number of ether oxygens (including phenoxy) is 1. The first kappa shape index (κ1) is 23.7. The minimum atomic E-state index is -1.82. The number of carbonyl (C=O) groups excluding carboxylic acids is 1. The van der Waals surface area contributed by atoms with Gasteiger partial charge >= 0.3 is 11.9 Å². The van der Waals surface area contributed by atoms with Crippen LogP contribution in [0.5, 0.6) is 5.75 Å². The van der Waals surface area contributed by atoms with Crippen molar-refractivity contribution in [1.29, 1.82) is 0 Å². The van der Waals surface area contributed by atoms with Crippen molar-refractivity contribution in [3.8, 4) is 5.75 Å². The molecular formula is C24H25N3O6. The summed E-state index contributed by atoms with van der Waals surface area (Å²) >= 11 is 0. The molecule has 4 rings (SSSR count). The van der Waals surface area contributed by atoms with E-state index in [2.05, 4.69) is 16.0 Å². The normalized spacial score (nSPS) is 13.6. The Labute approximate surface area is 190 Å². The van der Waals surface area contributed by atoms with Gasteiger partial charge in [0.1, 0.15) is 5.75 Å². The number of nitrogens with zero attached hydrogens (tertiary/aromatic N) is 3. The molecular weight excluding hydrogens is 426 g/mol. The summed E-state index contributed by atoms with van der Waals surface area (Å²) in [4.78, 5) is 39.0. The SMILES string of the molecule is O=C(COc1ccc2ccccc2c1)N1CCN(Cc2ccncc2)CC1.O=C(O)C(=O)O. The van der Waals surface area contributed by atoms with Crippen molar-refractivity contribution in [2.75, 3.05) is 32.8 Å². The molecule has 172 valence electrons. The van der Waals surface area contributed by atoms with Gasteiger partial charge in [-0.25, -0.2) is 9.59 Å². The molecule has 0 radical (unpaired) electrons. The van der Waals surface area contributed by atoms with Crippen molar-refractivity contribution in [1.82, 2.24) is 14.8 Å². The zero-order valence-corrected chi connectivity index (χ0v) is 18.0. The Balaban J connectivity index is 0.000000454. The number of benzene rings is 2. The lowest BCUT2D eigenvalue weighted by Gasteiger charge is -2.34. The van der Waals surface area contributed by atoms with Crippen LogP contribution in [0, 0.1) is 0 Å². The first-order valence-electron chi connectivity index (χ1n) is 10.4. The number of carboxylic acid groups (broad SMARTS) is 2. The number of aromatic nitrogens is 1. The highest BCUT2D eigenvalue weighted by molar-refractivity contribution is 6.27. The maximum atomic E-state index is 12.5. The topological polar surface area (TPSA) is 120 Å². The summed E-state index contributed by atoms with van der Waals surface area (Å²) in [6, 6.07) is 18.1. The second-order valence-corrected chi connectivity index (χ2v) is 7.42. The summed E-state index contributed by atoms with van der Waals surface area (Å²) in [6.07, 6.45) is 3.64. The second-order valence-electron chi connectivity index (χ2n) is 7.42. The van der Waals surface area contributed by atoms with Crippen molar-refractivity contribution in [2.45, 2.75) is 6.54 Å². The van der Waals surface area contributed by atoms with Crippen LogP contribution in [0.1, 0.15) is 5.56 Å². The Morgan fingerprint density at radius 3 is 2.12 bits per heavy atom. The molecule has 0 atom stereocenters. The monoisotopic (exact) mass is 451 g/mol. The molecule has 1 amide bonds. The molecule has 1 aliphatic heterocycles. The van der Waals surface area contributed by atoms with Gasteiger partial charge in [0.2, 0.25) is 0 Å². The van der Waals surface area contributed by atoms with Crippen LogP contribution in [-0.2, 0) is 20.9 Å². The van der Waals surface area contributed by atoms with Crippen molar-refractivity contribution in [2.24, 2.45) is 0 Å². The number of pyridine rings is 1. The average molecular weight is 451 g/mol. The van der Waals surface area contributed by atoms with Crippen molar-refractivity contribution in [3.63, 3.8) is 0 Å². The van der Waals surface area contributed by atoms with E-state index in [0.29, 0.717) is 0 Å². The number of amides is 1. The lowest BCUT2D eigenvalue weighted by atomic mass is 10.1. The van der Waals surface area contributed by atoms with Crippen molar-refractivity contribution in [3.05, 3.63) is 72.6 Å². The first-order valence-corrected chi connectivity index (χ1v) is 10.4. The quantitative estimate of drug-likeness (QED) is 0.566. The molecule has 1 fully saturated rings. The molecule has 0 spiro atoms. The van der Waals surface area contributed by atoms with Gasteiger partial charge in [0.15, 0.2) is 6.61 Å². The Morgan fingerprint density at radius 2 is 1.48 bits per heavy atom. The number of carboxylic acids is 2. The Morgan fingerprint density at radius 1 is 0.848 bits per heavy atom. The van der Waals surface area contributed by atoms with E-state index in [-0.39, 0.29) is 12.5 Å². The third-order valence-corrected chi connectivity index (χ3v) is 5.15. The van der Waals surface area contributed by atoms with Crippen LogP contribution < -0.4 is 4.74 Å². The Bertz CT molecular complexity index is 1090. The van der Waals surface area contributed by atoms with E-state index in [1.807, 2.05) is 65.8 Å². The third-order valence-electron chi connectivity index (χ3n) is 5.15. The highest BCUT2D eigenvalue weighted by Gasteiger charge is 2.21. The van der Waals surface area contributed by atoms with E-state index in [0.717, 1.165) is 43.9 Å². The molecule has 9 nitrogen and oxygen atoms in total. The largest absolute Gasteiger partial charge is 0.484 e. The zero-order valence-electron chi connectivity index (χ0n) is 18.0. The zero-order chi connectivity index (χ0) is 23.6. The van der Waals surface area contributed by atoms with Gasteiger partial charge in [0.25, 0.3) is 5.91 Å². The molecule has 1 saturated heterocycles. The molecule has 0 aliphatic carbocycles. The number of fused-ring (bicyclic) bond motifs is 1. The van der Waals surface area contributed by atoms with E-state index in [1.54, 1.807) is 0 Å². The Hall–Kier alpha value is -3.98. The van der Waals surface area contributed by atoms with Gasteiger partial charge in [-0.3, -0.25) is 14.7 Å². The predicted octanol–water partition coefficient (Wildman–Crippen LogP) is 2.11. The third kappa shape index (κ3) is 7.29. The number of carbonyl (C=O) groups is 3. The van der Waals surface area contributed by atoms with E-state index in [1.165, 1.54) is 10.9 Å². The van der Waals surface area contributed by atoms with Crippen molar-refractivity contribution < 1.29 is 29.3 Å². The van der Waals surface area contributed by atoms with Crippen LogP contribution in [0.15, 0.2) is 67.0 Å². The predicted molar refractivity (Wildman–Crippen MR) is 121 cm³/mol. The fourth-order valence-electron chi connectivity index (χ4n) is 3.40. The fourth-order valence-corrected chi connectivity index (χ4v) is 3.40. The summed E-state index contributed by atoms with van der Waals surface area (Å²) in [5.41, 5.74) is 1.25. The fraction of sp³-hybridized carbons (Fsp3) is 0.250. The van der Waals surface area contributed by atoms with Crippen LogP contribution in [0.25, 0.3) is 10.8 Å². The van der Waals surface area contributed by atoms with Crippen LogP contribution in [0.2, 0.25) is 0 Å². The first-order chi connectivity index (χ1) is 15.9. The highest BCUT2D eigenvalue weighted by atomic mass is 16.5. The van der Waals surface area contributed by atoms with Gasteiger partial charge < -0.3 is 19.8 Å². The minimum absolute atomic E-state index is 0.0479. The molecule has 1 aromatic heterocycles. The number of piperazine rings is 1. The summed E-state index contributed by atoms with van der Waals surface area (Å²) in [7, 11) is 0. The molecule has 0 bridgehead atoms. The number of hydrogen-bond donors (Lipinski definition) is 2. The van der Waals surface area contributed by atoms with Gasteiger partial charge in [0.05, 0.1) is 0 Å².